The molecule has 2 heteroatoms. The van der Waals surface area contributed by atoms with E-state index in [2.05, 4.69) is 37.1 Å². The largest absolute Gasteiger partial charge is 0.304 e. The van der Waals surface area contributed by atoms with E-state index in [9.17, 15) is 0 Å². The van der Waals surface area contributed by atoms with Gasteiger partial charge in [0.1, 0.15) is 0 Å². The van der Waals surface area contributed by atoms with Crippen LogP contribution in [-0.4, -0.2) is 49.1 Å². The van der Waals surface area contributed by atoms with Crippen molar-refractivity contribution in [3.63, 3.8) is 0 Å². The second-order valence-electron chi connectivity index (χ2n) is 4.43. The molecule has 14 heavy (non-hydrogen) atoms. The van der Waals surface area contributed by atoms with Crippen molar-refractivity contribution in [2.75, 3.05) is 33.2 Å². The van der Waals surface area contributed by atoms with Gasteiger partial charge in [-0.25, -0.2) is 0 Å². The third-order valence-electron chi connectivity index (χ3n) is 3.18. The Balaban J connectivity index is 2.34. The molecule has 0 aromatic rings. The van der Waals surface area contributed by atoms with Crippen molar-refractivity contribution < 1.29 is 0 Å². The summed E-state index contributed by atoms with van der Waals surface area (Å²) in [5, 5.41) is 0. The first-order chi connectivity index (χ1) is 6.77. The molecule has 1 aliphatic heterocycles. The summed E-state index contributed by atoms with van der Waals surface area (Å²) in [5.41, 5.74) is 0. The molecule has 1 radical (unpaired) electrons. The normalized spacial score (nSPS) is 20.6. The molecular formula is C12H25N2. The zero-order valence-electron chi connectivity index (χ0n) is 10.00. The van der Waals surface area contributed by atoms with Crippen molar-refractivity contribution >= 4 is 0 Å². The standard InChI is InChI=1S/C12H25N2/c1-4-6-12(7-5-2)14-10-8-13(3)9-11-14/h4,12H,5-11H2,1-3H3/t12-/m1/s1. The van der Waals surface area contributed by atoms with E-state index in [4.69, 9.17) is 0 Å². The summed E-state index contributed by atoms with van der Waals surface area (Å²) < 4.78 is 0. The maximum Gasteiger partial charge on any atom is 0.0113 e. The first-order valence-electron chi connectivity index (χ1n) is 5.98. The van der Waals surface area contributed by atoms with Crippen molar-refractivity contribution in [2.24, 2.45) is 0 Å². The Morgan fingerprint density at radius 2 is 1.86 bits per heavy atom. The van der Waals surface area contributed by atoms with Crippen molar-refractivity contribution in [3.05, 3.63) is 6.42 Å². The van der Waals surface area contributed by atoms with Crippen molar-refractivity contribution in [1.82, 2.24) is 9.80 Å². The van der Waals surface area contributed by atoms with Gasteiger partial charge in [0.05, 0.1) is 0 Å². The zero-order chi connectivity index (χ0) is 10.4. The molecule has 1 rings (SSSR count). The van der Waals surface area contributed by atoms with Crippen molar-refractivity contribution in [2.45, 2.75) is 39.2 Å². The van der Waals surface area contributed by atoms with E-state index < -0.39 is 0 Å². The number of rotatable bonds is 5. The van der Waals surface area contributed by atoms with Gasteiger partial charge in [0, 0.05) is 32.2 Å². The molecule has 1 heterocycles. The van der Waals surface area contributed by atoms with E-state index in [1.165, 1.54) is 45.4 Å². The lowest BCUT2D eigenvalue weighted by molar-refractivity contribution is 0.105. The third kappa shape index (κ3) is 3.58. The fraction of sp³-hybridized carbons (Fsp3) is 0.917. The minimum Gasteiger partial charge on any atom is -0.304 e. The van der Waals surface area contributed by atoms with Crippen LogP contribution in [0.25, 0.3) is 0 Å². The van der Waals surface area contributed by atoms with Crippen LogP contribution in [-0.2, 0) is 0 Å². The monoisotopic (exact) mass is 197 g/mol. The summed E-state index contributed by atoms with van der Waals surface area (Å²) in [7, 11) is 2.22. The van der Waals surface area contributed by atoms with E-state index in [1.54, 1.807) is 0 Å². The van der Waals surface area contributed by atoms with Crippen LogP contribution in [0.1, 0.15) is 33.1 Å². The number of hydrogen-bond donors (Lipinski definition) is 0. The first kappa shape index (κ1) is 12.0. The average molecular weight is 197 g/mol. The molecule has 1 saturated heterocycles. The van der Waals surface area contributed by atoms with E-state index in [1.807, 2.05) is 0 Å². The summed E-state index contributed by atoms with van der Waals surface area (Å²) in [5.74, 6) is 0. The summed E-state index contributed by atoms with van der Waals surface area (Å²) in [6.07, 6.45) is 6.25. The van der Waals surface area contributed by atoms with Gasteiger partial charge in [0.2, 0.25) is 0 Å². The number of likely N-dealkylation sites (N-methyl/N-ethyl adjacent to an activating group) is 1. The SMILES string of the molecule is C[CH]C[C@H](CCC)N1CCN(C)CC1. The zero-order valence-corrected chi connectivity index (χ0v) is 10.00. The Kier molecular flexibility index (Phi) is 5.49. The highest BCUT2D eigenvalue weighted by atomic mass is 15.3. The topological polar surface area (TPSA) is 6.48 Å². The van der Waals surface area contributed by atoms with Gasteiger partial charge < -0.3 is 4.90 Å². The molecule has 0 unspecified atom stereocenters. The fourth-order valence-corrected chi connectivity index (χ4v) is 2.24. The molecule has 1 atom stereocenters. The number of hydrogen-bond acceptors (Lipinski definition) is 2. The summed E-state index contributed by atoms with van der Waals surface area (Å²) in [6.45, 7) is 9.47. The quantitative estimate of drug-likeness (QED) is 0.665. The predicted octanol–water partition coefficient (Wildman–Crippen LogP) is 2.02. The molecular weight excluding hydrogens is 172 g/mol. The molecule has 2 nitrogen and oxygen atoms in total. The van der Waals surface area contributed by atoms with Crippen LogP contribution in [0.15, 0.2) is 0 Å². The summed E-state index contributed by atoms with van der Waals surface area (Å²) >= 11 is 0. The molecule has 0 amide bonds. The van der Waals surface area contributed by atoms with Gasteiger partial charge in [-0.15, -0.1) is 0 Å². The maximum absolute atomic E-state index is 2.67. The Labute approximate surface area is 89.3 Å². The van der Waals surface area contributed by atoms with Gasteiger partial charge in [-0.05, 0) is 26.3 Å². The molecule has 0 aromatic heterocycles. The van der Waals surface area contributed by atoms with E-state index in [-0.39, 0.29) is 0 Å². The van der Waals surface area contributed by atoms with Crippen molar-refractivity contribution in [1.29, 1.82) is 0 Å². The minimum absolute atomic E-state index is 0.804. The third-order valence-corrected chi connectivity index (χ3v) is 3.18. The molecule has 0 bridgehead atoms. The second-order valence-corrected chi connectivity index (χ2v) is 4.43. The predicted molar refractivity (Wildman–Crippen MR) is 62.4 cm³/mol. The van der Waals surface area contributed by atoms with Crippen LogP contribution in [0.3, 0.4) is 0 Å². The van der Waals surface area contributed by atoms with Gasteiger partial charge in [0.25, 0.3) is 0 Å². The van der Waals surface area contributed by atoms with Crippen LogP contribution in [0.2, 0.25) is 0 Å². The van der Waals surface area contributed by atoms with Crippen LogP contribution in [0.5, 0.6) is 0 Å². The molecule has 0 spiro atoms. The smallest absolute Gasteiger partial charge is 0.0113 e. The molecule has 0 N–H and O–H groups in total. The lowest BCUT2D eigenvalue weighted by Gasteiger charge is -2.38. The average Bonchev–Trinajstić information content (AvgIpc) is 2.19. The van der Waals surface area contributed by atoms with Gasteiger partial charge >= 0.3 is 0 Å². The Morgan fingerprint density at radius 3 is 2.36 bits per heavy atom. The van der Waals surface area contributed by atoms with Crippen molar-refractivity contribution in [3.8, 4) is 0 Å². The molecule has 83 valence electrons. The summed E-state index contributed by atoms with van der Waals surface area (Å²) in [4.78, 5) is 5.10. The highest BCUT2D eigenvalue weighted by molar-refractivity contribution is 4.80. The van der Waals surface area contributed by atoms with Crippen LogP contribution >= 0.6 is 0 Å². The minimum atomic E-state index is 0.804. The van der Waals surface area contributed by atoms with Gasteiger partial charge in [0.15, 0.2) is 0 Å². The van der Waals surface area contributed by atoms with Crippen LogP contribution in [0, 0.1) is 6.42 Å². The fourth-order valence-electron chi connectivity index (χ4n) is 2.24. The van der Waals surface area contributed by atoms with Gasteiger partial charge in [-0.3, -0.25) is 4.90 Å². The lowest BCUT2D eigenvalue weighted by Crippen LogP contribution is -2.48. The molecule has 0 saturated carbocycles. The molecule has 0 aromatic carbocycles. The number of piperazine rings is 1. The first-order valence-corrected chi connectivity index (χ1v) is 5.98. The molecule has 1 fully saturated rings. The van der Waals surface area contributed by atoms with E-state index in [0.717, 1.165) is 6.04 Å². The van der Waals surface area contributed by atoms with E-state index >= 15 is 0 Å². The lowest BCUT2D eigenvalue weighted by atomic mass is 10.0. The van der Waals surface area contributed by atoms with Crippen LogP contribution < -0.4 is 0 Å². The second kappa shape index (κ2) is 6.41. The Morgan fingerprint density at radius 1 is 1.21 bits per heavy atom. The Bertz CT molecular complexity index is 133. The maximum atomic E-state index is 2.67. The molecule has 0 aliphatic carbocycles. The highest BCUT2D eigenvalue weighted by Gasteiger charge is 2.20. The number of nitrogens with zero attached hydrogens (tertiary/aromatic N) is 2. The van der Waals surface area contributed by atoms with Crippen LogP contribution in [0.4, 0.5) is 0 Å². The molecule has 1 aliphatic rings. The van der Waals surface area contributed by atoms with Gasteiger partial charge in [-0.2, -0.15) is 0 Å². The van der Waals surface area contributed by atoms with E-state index in [0.29, 0.717) is 0 Å². The van der Waals surface area contributed by atoms with Gasteiger partial charge in [-0.1, -0.05) is 20.3 Å². The Hall–Kier alpha value is -0.0800. The summed E-state index contributed by atoms with van der Waals surface area (Å²) in [6, 6.07) is 0.804. The highest BCUT2D eigenvalue weighted by Crippen LogP contribution is 2.14.